The van der Waals surface area contributed by atoms with Gasteiger partial charge in [0.25, 0.3) is 0 Å². The van der Waals surface area contributed by atoms with Crippen molar-refractivity contribution in [1.29, 1.82) is 0 Å². The zero-order valence-electron chi connectivity index (χ0n) is 18.0. The summed E-state index contributed by atoms with van der Waals surface area (Å²) in [6.07, 6.45) is -3.81. The Morgan fingerprint density at radius 2 is 1.82 bits per heavy atom. The number of carbonyl (C=O) groups is 3. The van der Waals surface area contributed by atoms with E-state index in [0.29, 0.717) is 11.3 Å². The van der Waals surface area contributed by atoms with Gasteiger partial charge in [0, 0.05) is 25.8 Å². The highest BCUT2D eigenvalue weighted by Gasteiger charge is 2.34. The highest BCUT2D eigenvalue weighted by atomic mass is 32.1. The Labute approximate surface area is 192 Å². The topological polar surface area (TPSA) is 216 Å². The number of aliphatic carboxylic acids is 2. The highest BCUT2D eigenvalue weighted by molar-refractivity contribution is 7.10. The van der Waals surface area contributed by atoms with E-state index in [4.69, 9.17) is 9.84 Å². The zero-order valence-corrected chi connectivity index (χ0v) is 18.8. The first kappa shape index (κ1) is 28.3. The fourth-order valence-corrected chi connectivity index (χ4v) is 3.63. The molecular weight excluding hydrogens is 464 g/mol. The minimum atomic E-state index is -1.68. The summed E-state index contributed by atoms with van der Waals surface area (Å²) in [5.41, 5.74) is -0.232. The number of carboxylic acid groups (broad SMARTS) is 2. The summed E-state index contributed by atoms with van der Waals surface area (Å²) in [5.74, 6) is -4.81. The molecule has 3 unspecified atom stereocenters. The van der Waals surface area contributed by atoms with E-state index in [0.717, 1.165) is 24.5 Å². The summed E-state index contributed by atoms with van der Waals surface area (Å²) in [5, 5.41) is 60.2. The number of nitrogens with zero attached hydrogens (tertiary/aromatic N) is 1. The molecule has 0 saturated carbocycles. The van der Waals surface area contributed by atoms with Gasteiger partial charge in [-0.1, -0.05) is 11.3 Å². The van der Waals surface area contributed by atoms with Crippen molar-refractivity contribution in [2.45, 2.75) is 51.5 Å². The summed E-state index contributed by atoms with van der Waals surface area (Å²) in [6.45, 7) is 0.810. The van der Waals surface area contributed by atoms with Crippen molar-refractivity contribution in [2.75, 3.05) is 13.2 Å². The summed E-state index contributed by atoms with van der Waals surface area (Å²) in [7, 11) is 0. The summed E-state index contributed by atoms with van der Waals surface area (Å²) in [4.78, 5) is 45.3. The van der Waals surface area contributed by atoms with Gasteiger partial charge < -0.3 is 40.7 Å². The Bertz CT molecular complexity index is 919. The maximum Gasteiger partial charge on any atom is 0.332 e. The van der Waals surface area contributed by atoms with Crippen LogP contribution in [0, 0.1) is 5.92 Å². The second-order valence-corrected chi connectivity index (χ2v) is 8.13. The SMILES string of the molecule is CC(=O)NC(=Cc1sc(=O)n(CCCC(=O)O)c1O)C(OC(C)C(=O)O)C(O)C(CO)CO. The minimum Gasteiger partial charge on any atom is -0.493 e. The lowest BCUT2D eigenvalue weighted by Crippen LogP contribution is -2.46. The molecule has 0 aliphatic rings. The van der Waals surface area contributed by atoms with E-state index in [1.54, 1.807) is 0 Å². The molecule has 1 aromatic heterocycles. The molecule has 0 aliphatic heterocycles. The number of aromatic nitrogens is 1. The highest BCUT2D eigenvalue weighted by Crippen LogP contribution is 2.26. The maximum absolute atomic E-state index is 12.2. The number of nitrogens with one attached hydrogen (secondary N) is 1. The molecule has 0 aliphatic carbocycles. The molecule has 0 spiro atoms. The molecule has 3 atom stereocenters. The largest absolute Gasteiger partial charge is 0.493 e. The van der Waals surface area contributed by atoms with E-state index < -0.39 is 66.0 Å². The monoisotopic (exact) mass is 492 g/mol. The standard InChI is InChI=1S/C19H28N2O11S/c1-9(18(29)30)32-16(15(27)11(7-22)8-23)12(20-10(2)24)6-13-17(28)21(19(31)33-13)5-3-4-14(25)26/h6,9,11,15-16,22-23,27-28H,3-5,7-8H2,1-2H3,(H,20,24)(H,25,26)(H,29,30). The van der Waals surface area contributed by atoms with E-state index in [1.165, 1.54) is 0 Å². The number of hydrogen-bond donors (Lipinski definition) is 7. The van der Waals surface area contributed by atoms with Crippen molar-refractivity contribution in [2.24, 2.45) is 5.92 Å². The molecule has 1 heterocycles. The van der Waals surface area contributed by atoms with Gasteiger partial charge in [-0.2, -0.15) is 0 Å². The molecule has 0 fully saturated rings. The molecule has 13 nitrogen and oxygen atoms in total. The van der Waals surface area contributed by atoms with Crippen molar-refractivity contribution in [3.05, 3.63) is 20.2 Å². The quantitative estimate of drug-likeness (QED) is 0.163. The Morgan fingerprint density at radius 3 is 2.30 bits per heavy atom. The van der Waals surface area contributed by atoms with Gasteiger partial charge >= 0.3 is 16.8 Å². The second kappa shape index (κ2) is 13.1. The predicted octanol–water partition coefficient (Wildman–Crippen LogP) is -1.22. The minimum absolute atomic E-state index is 0.0660. The van der Waals surface area contributed by atoms with Crippen LogP contribution in [-0.2, 0) is 25.7 Å². The second-order valence-electron chi connectivity index (χ2n) is 7.14. The number of aliphatic hydroxyl groups excluding tert-OH is 3. The Balaban J connectivity index is 3.48. The first-order chi connectivity index (χ1) is 15.4. The summed E-state index contributed by atoms with van der Waals surface area (Å²) in [6, 6.07) is 0. The van der Waals surface area contributed by atoms with Crippen molar-refractivity contribution in [3.8, 4) is 5.88 Å². The molecule has 186 valence electrons. The van der Waals surface area contributed by atoms with Crippen molar-refractivity contribution >= 4 is 35.3 Å². The molecule has 1 aromatic rings. The fourth-order valence-electron chi connectivity index (χ4n) is 2.76. The Hall–Kier alpha value is -2.78. The van der Waals surface area contributed by atoms with Crippen LogP contribution < -0.4 is 10.2 Å². The van der Waals surface area contributed by atoms with Gasteiger partial charge in [-0.3, -0.25) is 19.0 Å². The molecular formula is C19H28N2O11S. The van der Waals surface area contributed by atoms with Gasteiger partial charge in [0.2, 0.25) is 11.8 Å². The molecule has 0 bridgehead atoms. The number of rotatable bonds is 14. The average Bonchev–Trinajstić information content (AvgIpc) is 2.98. The molecule has 1 rings (SSSR count). The van der Waals surface area contributed by atoms with E-state index >= 15 is 0 Å². The van der Waals surface area contributed by atoms with Gasteiger partial charge in [-0.05, 0) is 19.4 Å². The molecule has 14 heteroatoms. The zero-order chi connectivity index (χ0) is 25.3. The third-order valence-electron chi connectivity index (χ3n) is 4.54. The van der Waals surface area contributed by atoms with E-state index in [-0.39, 0.29) is 30.0 Å². The number of aliphatic hydroxyl groups is 3. The molecule has 0 aromatic carbocycles. The summed E-state index contributed by atoms with van der Waals surface area (Å²) < 4.78 is 6.31. The Kier molecular flexibility index (Phi) is 11.2. The van der Waals surface area contributed by atoms with Crippen LogP contribution in [0.4, 0.5) is 0 Å². The molecule has 7 N–H and O–H groups in total. The number of thiazole rings is 1. The molecule has 1 amide bonds. The van der Waals surface area contributed by atoms with Crippen LogP contribution in [0.15, 0.2) is 10.5 Å². The first-order valence-electron chi connectivity index (χ1n) is 9.84. The van der Waals surface area contributed by atoms with Gasteiger partial charge in [-0.25, -0.2) is 4.79 Å². The molecule has 33 heavy (non-hydrogen) atoms. The number of carbonyl (C=O) groups excluding carboxylic acids is 1. The number of aromatic hydroxyl groups is 1. The van der Waals surface area contributed by atoms with Gasteiger partial charge in [0.1, 0.15) is 6.10 Å². The van der Waals surface area contributed by atoms with Crippen LogP contribution in [0.25, 0.3) is 6.08 Å². The lowest BCUT2D eigenvalue weighted by Gasteiger charge is -2.31. The average molecular weight is 493 g/mol. The van der Waals surface area contributed by atoms with Crippen molar-refractivity contribution in [3.63, 3.8) is 0 Å². The van der Waals surface area contributed by atoms with E-state index in [2.05, 4.69) is 5.32 Å². The van der Waals surface area contributed by atoms with Gasteiger partial charge in [0.15, 0.2) is 6.10 Å². The normalized spacial score (nSPS) is 14.7. The summed E-state index contributed by atoms with van der Waals surface area (Å²) >= 11 is 0.559. The van der Waals surface area contributed by atoms with Crippen LogP contribution in [0.1, 0.15) is 31.6 Å². The third kappa shape index (κ3) is 8.25. The Morgan fingerprint density at radius 1 is 1.21 bits per heavy atom. The fraction of sp³-hybridized carbons (Fsp3) is 0.579. The smallest absolute Gasteiger partial charge is 0.332 e. The number of amides is 1. The lowest BCUT2D eigenvalue weighted by molar-refractivity contribution is -0.158. The number of ether oxygens (including phenoxy) is 1. The van der Waals surface area contributed by atoms with Crippen LogP contribution in [0.5, 0.6) is 5.88 Å². The van der Waals surface area contributed by atoms with Crippen LogP contribution >= 0.6 is 11.3 Å². The van der Waals surface area contributed by atoms with Crippen LogP contribution in [0.2, 0.25) is 0 Å². The number of hydrogen-bond acceptors (Lipinski definition) is 10. The van der Waals surface area contributed by atoms with Crippen molar-refractivity contribution in [1.82, 2.24) is 9.88 Å². The predicted molar refractivity (Wildman–Crippen MR) is 115 cm³/mol. The van der Waals surface area contributed by atoms with Crippen LogP contribution in [-0.4, -0.2) is 84.6 Å². The van der Waals surface area contributed by atoms with Crippen LogP contribution in [0.3, 0.4) is 0 Å². The van der Waals surface area contributed by atoms with Gasteiger partial charge in [0.05, 0.1) is 29.9 Å². The maximum atomic E-state index is 12.2. The van der Waals surface area contributed by atoms with Gasteiger partial charge in [-0.15, -0.1) is 0 Å². The first-order valence-corrected chi connectivity index (χ1v) is 10.7. The third-order valence-corrected chi connectivity index (χ3v) is 5.46. The van der Waals surface area contributed by atoms with E-state index in [9.17, 15) is 44.7 Å². The lowest BCUT2D eigenvalue weighted by atomic mass is 9.96. The number of carboxylic acids is 2. The van der Waals surface area contributed by atoms with Crippen molar-refractivity contribution < 1.29 is 49.8 Å². The molecule has 0 saturated heterocycles. The van der Waals surface area contributed by atoms with E-state index in [1.807, 2.05) is 0 Å². The molecule has 0 radical (unpaired) electrons.